The van der Waals surface area contributed by atoms with Crippen LogP contribution in [0.25, 0.3) is 0 Å². The van der Waals surface area contributed by atoms with Crippen molar-refractivity contribution in [2.45, 2.75) is 50.6 Å². The maximum Gasteiger partial charge on any atom is 0.326 e. The summed E-state index contributed by atoms with van der Waals surface area (Å²) in [6.07, 6.45) is 4.78. The number of carbonyl (C=O) groups excluding carboxylic acids is 1. The number of carbonyl (C=O) groups is 1. The van der Waals surface area contributed by atoms with Crippen LogP contribution in [0.15, 0.2) is 0 Å². The maximum absolute atomic E-state index is 12.1. The number of hydrogen-bond acceptors (Lipinski definition) is 5. The Hall–Kier alpha value is -0.650. The van der Waals surface area contributed by atoms with Gasteiger partial charge in [0.25, 0.3) is 0 Å². The minimum Gasteiger partial charge on any atom is -0.468 e. The first-order valence-corrected chi connectivity index (χ1v) is 7.62. The summed E-state index contributed by atoms with van der Waals surface area (Å²) in [5.74, 6) is -0.112. The van der Waals surface area contributed by atoms with Gasteiger partial charge in [0.15, 0.2) is 0 Å². The van der Waals surface area contributed by atoms with Crippen molar-refractivity contribution in [1.29, 1.82) is 0 Å². The topological polar surface area (TPSA) is 50.8 Å². The van der Waals surface area contributed by atoms with E-state index >= 15 is 0 Å². The van der Waals surface area contributed by atoms with Crippen LogP contribution in [0.3, 0.4) is 0 Å². The van der Waals surface area contributed by atoms with E-state index in [2.05, 4.69) is 24.2 Å². The minimum atomic E-state index is -0.481. The molecule has 1 fully saturated rings. The Morgan fingerprint density at radius 3 is 2.80 bits per heavy atom. The Balaban J connectivity index is 2.57. The summed E-state index contributed by atoms with van der Waals surface area (Å²) in [5.41, 5.74) is -0.481. The van der Waals surface area contributed by atoms with E-state index < -0.39 is 5.54 Å². The predicted octanol–water partition coefficient (Wildman–Crippen LogP) is 1.42. The molecule has 0 aromatic rings. The molecule has 5 heteroatoms. The Morgan fingerprint density at radius 2 is 2.20 bits per heavy atom. The van der Waals surface area contributed by atoms with Crippen molar-refractivity contribution >= 4 is 5.97 Å². The van der Waals surface area contributed by atoms with E-state index in [-0.39, 0.29) is 5.97 Å². The van der Waals surface area contributed by atoms with E-state index in [1.807, 2.05) is 0 Å². The molecule has 0 radical (unpaired) electrons. The first-order chi connectivity index (χ1) is 9.59. The zero-order chi connectivity index (χ0) is 15.0. The van der Waals surface area contributed by atoms with Gasteiger partial charge in [-0.25, -0.2) is 0 Å². The van der Waals surface area contributed by atoms with E-state index in [0.29, 0.717) is 6.04 Å². The third-order valence-corrected chi connectivity index (χ3v) is 4.26. The lowest BCUT2D eigenvalue weighted by Crippen LogP contribution is -2.52. The lowest BCUT2D eigenvalue weighted by Gasteiger charge is -2.30. The maximum atomic E-state index is 12.1. The van der Waals surface area contributed by atoms with Crippen LogP contribution in [-0.4, -0.2) is 63.4 Å². The molecule has 0 aromatic heterocycles. The molecule has 0 aliphatic heterocycles. The van der Waals surface area contributed by atoms with Crippen LogP contribution >= 0.6 is 0 Å². The minimum absolute atomic E-state index is 0.112. The summed E-state index contributed by atoms with van der Waals surface area (Å²) in [6, 6.07) is 0.440. The second kappa shape index (κ2) is 8.60. The molecule has 0 heterocycles. The van der Waals surface area contributed by atoms with Gasteiger partial charge in [-0.05, 0) is 45.7 Å². The van der Waals surface area contributed by atoms with Crippen LogP contribution in [0, 0.1) is 0 Å². The van der Waals surface area contributed by atoms with Crippen LogP contribution in [0.4, 0.5) is 0 Å². The number of ether oxygens (including phenoxy) is 2. The highest BCUT2D eigenvalue weighted by molar-refractivity contribution is 5.81. The fourth-order valence-corrected chi connectivity index (χ4v) is 3.01. The smallest absolute Gasteiger partial charge is 0.326 e. The number of methoxy groups -OCH3 is 2. The number of nitrogens with one attached hydrogen (secondary N) is 1. The fraction of sp³-hybridized carbons (Fsp3) is 0.933. The predicted molar refractivity (Wildman–Crippen MR) is 79.8 cm³/mol. The summed E-state index contributed by atoms with van der Waals surface area (Å²) in [6.45, 7) is 4.76. The molecule has 1 rings (SSSR count). The van der Waals surface area contributed by atoms with Crippen molar-refractivity contribution in [3.8, 4) is 0 Å². The van der Waals surface area contributed by atoms with Gasteiger partial charge in [-0.1, -0.05) is 6.92 Å². The molecule has 2 atom stereocenters. The molecule has 0 amide bonds. The lowest BCUT2D eigenvalue weighted by molar-refractivity contribution is -0.148. The summed E-state index contributed by atoms with van der Waals surface area (Å²) < 4.78 is 10.1. The van der Waals surface area contributed by atoms with Gasteiger partial charge in [0.1, 0.15) is 5.54 Å². The first-order valence-electron chi connectivity index (χ1n) is 7.62. The Bertz CT molecular complexity index is 299. The molecule has 0 saturated heterocycles. The van der Waals surface area contributed by atoms with Gasteiger partial charge in [0, 0.05) is 26.3 Å². The Kier molecular flexibility index (Phi) is 7.48. The SMILES string of the molecule is CCCNC1(C(=O)OC)CCC(N(C)CCCOC)C1. The van der Waals surface area contributed by atoms with Gasteiger partial charge >= 0.3 is 5.97 Å². The monoisotopic (exact) mass is 286 g/mol. The summed E-state index contributed by atoms with van der Waals surface area (Å²) in [4.78, 5) is 14.5. The zero-order valence-electron chi connectivity index (χ0n) is 13.4. The zero-order valence-corrected chi connectivity index (χ0v) is 13.4. The normalized spacial score (nSPS) is 26.1. The van der Waals surface area contributed by atoms with E-state index in [0.717, 1.165) is 51.8 Å². The van der Waals surface area contributed by atoms with E-state index in [9.17, 15) is 4.79 Å². The van der Waals surface area contributed by atoms with E-state index in [1.54, 1.807) is 7.11 Å². The molecule has 1 aliphatic carbocycles. The van der Waals surface area contributed by atoms with Gasteiger partial charge in [-0.15, -0.1) is 0 Å². The standard InChI is InChI=1S/C15H30N2O3/c1-5-9-16-15(14(18)20-4)8-7-13(12-15)17(2)10-6-11-19-3/h13,16H,5-12H2,1-4H3. The third kappa shape index (κ3) is 4.43. The molecule has 20 heavy (non-hydrogen) atoms. The average Bonchev–Trinajstić information content (AvgIpc) is 2.90. The number of esters is 1. The Morgan fingerprint density at radius 1 is 1.45 bits per heavy atom. The van der Waals surface area contributed by atoms with Crippen LogP contribution < -0.4 is 5.32 Å². The fourth-order valence-electron chi connectivity index (χ4n) is 3.01. The van der Waals surface area contributed by atoms with Crippen LogP contribution in [0.1, 0.15) is 39.0 Å². The van der Waals surface area contributed by atoms with Gasteiger partial charge < -0.3 is 19.7 Å². The second-order valence-corrected chi connectivity index (χ2v) is 5.72. The molecule has 2 unspecified atom stereocenters. The molecule has 0 spiro atoms. The molecule has 5 nitrogen and oxygen atoms in total. The average molecular weight is 286 g/mol. The number of hydrogen-bond donors (Lipinski definition) is 1. The van der Waals surface area contributed by atoms with Crippen molar-refractivity contribution in [3.63, 3.8) is 0 Å². The molecule has 118 valence electrons. The van der Waals surface area contributed by atoms with Crippen molar-refractivity contribution in [3.05, 3.63) is 0 Å². The van der Waals surface area contributed by atoms with Crippen LogP contribution in [0.5, 0.6) is 0 Å². The van der Waals surface area contributed by atoms with Gasteiger partial charge in [0.05, 0.1) is 7.11 Å². The molecule has 0 aromatic carbocycles. The highest BCUT2D eigenvalue weighted by atomic mass is 16.5. The van der Waals surface area contributed by atoms with E-state index in [1.165, 1.54) is 7.11 Å². The molecular formula is C15H30N2O3. The van der Waals surface area contributed by atoms with Crippen molar-refractivity contribution in [2.75, 3.05) is 41.0 Å². The Labute approximate surface area is 123 Å². The molecule has 1 N–H and O–H groups in total. The summed E-state index contributed by atoms with van der Waals surface area (Å²) in [7, 11) is 5.34. The molecular weight excluding hydrogens is 256 g/mol. The van der Waals surface area contributed by atoms with Crippen LogP contribution in [-0.2, 0) is 14.3 Å². The molecule has 0 bridgehead atoms. The third-order valence-electron chi connectivity index (χ3n) is 4.26. The first kappa shape index (κ1) is 17.4. The largest absolute Gasteiger partial charge is 0.468 e. The van der Waals surface area contributed by atoms with Crippen LogP contribution in [0.2, 0.25) is 0 Å². The number of rotatable bonds is 9. The van der Waals surface area contributed by atoms with Gasteiger partial charge in [-0.3, -0.25) is 4.79 Å². The van der Waals surface area contributed by atoms with E-state index in [4.69, 9.17) is 9.47 Å². The van der Waals surface area contributed by atoms with Crippen molar-refractivity contribution in [1.82, 2.24) is 10.2 Å². The highest BCUT2D eigenvalue weighted by Crippen LogP contribution is 2.33. The van der Waals surface area contributed by atoms with Gasteiger partial charge in [0.2, 0.25) is 0 Å². The quantitative estimate of drug-likeness (QED) is 0.513. The summed E-state index contributed by atoms with van der Waals surface area (Å²) in [5, 5.41) is 3.42. The number of nitrogens with zero attached hydrogens (tertiary/aromatic N) is 1. The van der Waals surface area contributed by atoms with Gasteiger partial charge in [-0.2, -0.15) is 0 Å². The highest BCUT2D eigenvalue weighted by Gasteiger charge is 2.46. The second-order valence-electron chi connectivity index (χ2n) is 5.72. The lowest BCUT2D eigenvalue weighted by atomic mass is 9.97. The van der Waals surface area contributed by atoms with Crippen molar-refractivity contribution < 1.29 is 14.3 Å². The van der Waals surface area contributed by atoms with Crippen molar-refractivity contribution in [2.24, 2.45) is 0 Å². The molecule has 1 saturated carbocycles. The summed E-state index contributed by atoms with van der Waals surface area (Å²) >= 11 is 0. The molecule has 1 aliphatic rings.